The molecule has 3 aromatic carbocycles. The molecule has 0 aliphatic carbocycles. The maximum absolute atomic E-state index is 10.6. The van der Waals surface area contributed by atoms with E-state index in [1.807, 2.05) is 60.7 Å². The molecule has 0 saturated carbocycles. The normalized spacial score (nSPS) is 12.5. The van der Waals surface area contributed by atoms with E-state index >= 15 is 0 Å². The fourth-order valence-electron chi connectivity index (χ4n) is 2.35. The minimum atomic E-state index is -0.709. The second-order valence-electron chi connectivity index (χ2n) is 4.49. The molecule has 1 atom stereocenters. The van der Waals surface area contributed by atoms with Gasteiger partial charge in [-0.3, -0.25) is 0 Å². The minimum absolute atomic E-state index is 0.586. The first-order valence-electron chi connectivity index (χ1n) is 6.17. The van der Waals surface area contributed by atoms with Gasteiger partial charge >= 0.3 is 0 Å². The average molecular weight is 269 g/mol. The molecule has 19 heavy (non-hydrogen) atoms. The number of halogens is 1. The predicted molar refractivity (Wildman–Crippen MR) is 79.5 cm³/mol. The molecule has 0 saturated heterocycles. The number of aliphatic hydroxyl groups is 1. The van der Waals surface area contributed by atoms with Crippen molar-refractivity contribution in [3.05, 3.63) is 82.9 Å². The Kier molecular flexibility index (Phi) is 3.24. The molecule has 1 nitrogen and oxygen atoms in total. The molecule has 0 unspecified atom stereocenters. The van der Waals surface area contributed by atoms with Crippen molar-refractivity contribution >= 4 is 22.4 Å². The maximum atomic E-state index is 10.6. The van der Waals surface area contributed by atoms with Crippen LogP contribution in [0.2, 0.25) is 5.02 Å². The lowest BCUT2D eigenvalue weighted by atomic mass is 9.96. The quantitative estimate of drug-likeness (QED) is 0.722. The van der Waals surface area contributed by atoms with Crippen LogP contribution in [-0.2, 0) is 0 Å². The molecule has 0 heterocycles. The summed E-state index contributed by atoms with van der Waals surface area (Å²) >= 11 is 6.16. The van der Waals surface area contributed by atoms with Gasteiger partial charge in [-0.1, -0.05) is 72.3 Å². The van der Waals surface area contributed by atoms with Crippen LogP contribution in [0, 0.1) is 0 Å². The lowest BCUT2D eigenvalue weighted by Gasteiger charge is -2.15. The summed E-state index contributed by atoms with van der Waals surface area (Å²) in [5, 5.41) is 13.3. The number of benzene rings is 3. The van der Waals surface area contributed by atoms with Crippen molar-refractivity contribution in [2.45, 2.75) is 6.10 Å². The Morgan fingerprint density at radius 2 is 1.37 bits per heavy atom. The Bertz CT molecular complexity index is 716. The highest BCUT2D eigenvalue weighted by Gasteiger charge is 2.15. The van der Waals surface area contributed by atoms with E-state index in [4.69, 9.17) is 11.6 Å². The zero-order chi connectivity index (χ0) is 13.2. The second-order valence-corrected chi connectivity index (χ2v) is 4.90. The molecule has 0 spiro atoms. The Labute approximate surface area is 117 Å². The lowest BCUT2D eigenvalue weighted by molar-refractivity contribution is 0.222. The Balaban J connectivity index is 2.17. The first-order valence-corrected chi connectivity index (χ1v) is 6.55. The first kappa shape index (κ1) is 12.2. The average Bonchev–Trinajstić information content (AvgIpc) is 2.46. The highest BCUT2D eigenvalue weighted by molar-refractivity contribution is 6.31. The van der Waals surface area contributed by atoms with E-state index in [2.05, 4.69) is 0 Å². The number of rotatable bonds is 2. The van der Waals surface area contributed by atoms with Crippen LogP contribution < -0.4 is 0 Å². The molecule has 0 aliphatic heterocycles. The zero-order valence-corrected chi connectivity index (χ0v) is 11.0. The first-order chi connectivity index (χ1) is 9.27. The van der Waals surface area contributed by atoms with Crippen LogP contribution >= 0.6 is 11.6 Å². The smallest absolute Gasteiger partial charge is 0.106 e. The molecular weight excluding hydrogens is 256 g/mol. The van der Waals surface area contributed by atoms with Gasteiger partial charge in [0.25, 0.3) is 0 Å². The molecule has 94 valence electrons. The Morgan fingerprint density at radius 3 is 2.21 bits per heavy atom. The van der Waals surface area contributed by atoms with Gasteiger partial charge < -0.3 is 5.11 Å². The van der Waals surface area contributed by atoms with E-state index in [1.54, 1.807) is 6.07 Å². The van der Waals surface area contributed by atoms with Crippen molar-refractivity contribution < 1.29 is 5.11 Å². The van der Waals surface area contributed by atoms with E-state index < -0.39 is 6.10 Å². The molecule has 0 amide bonds. The van der Waals surface area contributed by atoms with Gasteiger partial charge in [-0.25, -0.2) is 0 Å². The standard InChI is InChI=1S/C17H13ClO/c18-16-11-4-3-9-15(16)17(19)14-10-5-7-12-6-1-2-8-13(12)14/h1-11,17,19H/t17-/m1/s1. The summed E-state index contributed by atoms with van der Waals surface area (Å²) in [6, 6.07) is 21.4. The summed E-state index contributed by atoms with van der Waals surface area (Å²) in [4.78, 5) is 0. The summed E-state index contributed by atoms with van der Waals surface area (Å²) in [5.74, 6) is 0. The van der Waals surface area contributed by atoms with Crippen molar-refractivity contribution in [3.8, 4) is 0 Å². The summed E-state index contributed by atoms with van der Waals surface area (Å²) < 4.78 is 0. The van der Waals surface area contributed by atoms with Gasteiger partial charge in [0.15, 0.2) is 0 Å². The van der Waals surface area contributed by atoms with E-state index in [-0.39, 0.29) is 0 Å². The van der Waals surface area contributed by atoms with E-state index in [9.17, 15) is 5.11 Å². The molecule has 0 radical (unpaired) electrons. The molecular formula is C17H13ClO. The third kappa shape index (κ3) is 2.23. The van der Waals surface area contributed by atoms with Crippen LogP contribution in [0.25, 0.3) is 10.8 Å². The van der Waals surface area contributed by atoms with Gasteiger partial charge in [0, 0.05) is 10.6 Å². The van der Waals surface area contributed by atoms with Crippen molar-refractivity contribution in [2.75, 3.05) is 0 Å². The predicted octanol–water partition coefficient (Wildman–Crippen LogP) is 4.57. The van der Waals surface area contributed by atoms with E-state index in [0.717, 1.165) is 21.9 Å². The van der Waals surface area contributed by atoms with Gasteiger partial charge in [-0.05, 0) is 22.4 Å². The molecule has 3 rings (SSSR count). The number of hydrogen-bond donors (Lipinski definition) is 1. The van der Waals surface area contributed by atoms with Gasteiger partial charge in [0.2, 0.25) is 0 Å². The van der Waals surface area contributed by atoms with Crippen molar-refractivity contribution in [1.29, 1.82) is 0 Å². The monoisotopic (exact) mass is 268 g/mol. The van der Waals surface area contributed by atoms with Gasteiger partial charge in [0.05, 0.1) is 0 Å². The molecule has 3 aromatic rings. The largest absolute Gasteiger partial charge is 0.384 e. The van der Waals surface area contributed by atoms with Gasteiger partial charge in [-0.15, -0.1) is 0 Å². The second kappa shape index (κ2) is 5.04. The third-order valence-corrected chi connectivity index (χ3v) is 3.66. The summed E-state index contributed by atoms with van der Waals surface area (Å²) in [6.07, 6.45) is -0.709. The highest BCUT2D eigenvalue weighted by atomic mass is 35.5. The number of aliphatic hydroxyl groups excluding tert-OH is 1. The highest BCUT2D eigenvalue weighted by Crippen LogP contribution is 2.32. The molecule has 0 fully saturated rings. The van der Waals surface area contributed by atoms with Crippen LogP contribution in [0.5, 0.6) is 0 Å². The summed E-state index contributed by atoms with van der Waals surface area (Å²) in [6.45, 7) is 0. The Morgan fingerprint density at radius 1 is 0.737 bits per heavy atom. The van der Waals surface area contributed by atoms with Crippen molar-refractivity contribution in [3.63, 3.8) is 0 Å². The number of fused-ring (bicyclic) bond motifs is 1. The fraction of sp³-hybridized carbons (Fsp3) is 0.0588. The zero-order valence-electron chi connectivity index (χ0n) is 10.3. The van der Waals surface area contributed by atoms with Crippen LogP contribution in [0.15, 0.2) is 66.7 Å². The van der Waals surface area contributed by atoms with Crippen molar-refractivity contribution in [2.24, 2.45) is 0 Å². The molecule has 0 aliphatic rings. The fourth-order valence-corrected chi connectivity index (χ4v) is 2.59. The van der Waals surface area contributed by atoms with Crippen LogP contribution in [-0.4, -0.2) is 5.11 Å². The maximum Gasteiger partial charge on any atom is 0.106 e. The third-order valence-electron chi connectivity index (χ3n) is 3.32. The minimum Gasteiger partial charge on any atom is -0.384 e. The van der Waals surface area contributed by atoms with Gasteiger partial charge in [-0.2, -0.15) is 0 Å². The molecule has 1 N–H and O–H groups in total. The summed E-state index contributed by atoms with van der Waals surface area (Å²) in [7, 11) is 0. The Hall–Kier alpha value is -1.83. The number of hydrogen-bond acceptors (Lipinski definition) is 1. The van der Waals surface area contributed by atoms with Crippen molar-refractivity contribution in [1.82, 2.24) is 0 Å². The molecule has 0 aromatic heterocycles. The van der Waals surface area contributed by atoms with E-state index in [1.165, 1.54) is 0 Å². The SMILES string of the molecule is O[C@@H](c1ccccc1Cl)c1cccc2ccccc12. The molecule has 2 heteroatoms. The topological polar surface area (TPSA) is 20.2 Å². The molecule has 0 bridgehead atoms. The lowest BCUT2D eigenvalue weighted by Crippen LogP contribution is -2.01. The summed E-state index contributed by atoms with van der Waals surface area (Å²) in [5.41, 5.74) is 1.62. The van der Waals surface area contributed by atoms with Crippen LogP contribution in [0.4, 0.5) is 0 Å². The van der Waals surface area contributed by atoms with Crippen LogP contribution in [0.3, 0.4) is 0 Å². The van der Waals surface area contributed by atoms with Gasteiger partial charge in [0.1, 0.15) is 6.10 Å². The van der Waals surface area contributed by atoms with Crippen LogP contribution in [0.1, 0.15) is 17.2 Å². The van der Waals surface area contributed by atoms with E-state index in [0.29, 0.717) is 5.02 Å².